The zero-order valence-corrected chi connectivity index (χ0v) is 11.8. The zero-order valence-electron chi connectivity index (χ0n) is 11.8. The summed E-state index contributed by atoms with van der Waals surface area (Å²) in [6.45, 7) is 0. The van der Waals surface area contributed by atoms with Crippen LogP contribution in [0, 0.1) is 0 Å². The number of fused-ring (bicyclic) bond motifs is 1. The SMILES string of the molecule is Nc1cccc(-c2c(-c3ccccn3)nc3ccccn23)c1. The summed E-state index contributed by atoms with van der Waals surface area (Å²) in [5.41, 5.74) is 11.3. The van der Waals surface area contributed by atoms with E-state index in [1.165, 1.54) is 0 Å². The molecule has 0 bridgehead atoms. The van der Waals surface area contributed by atoms with Crippen molar-refractivity contribution >= 4 is 11.3 Å². The summed E-state index contributed by atoms with van der Waals surface area (Å²) in [6, 6.07) is 19.6. The molecule has 0 spiro atoms. The first kappa shape index (κ1) is 12.6. The van der Waals surface area contributed by atoms with E-state index in [-0.39, 0.29) is 0 Å². The maximum Gasteiger partial charge on any atom is 0.138 e. The standard InChI is InChI=1S/C18H14N4/c19-14-7-5-6-13(12-14)18-17(15-8-1-3-10-20-15)21-16-9-2-4-11-22(16)18/h1-12H,19H2. The average molecular weight is 286 g/mol. The lowest BCUT2D eigenvalue weighted by atomic mass is 10.1. The molecule has 4 rings (SSSR count). The van der Waals surface area contributed by atoms with E-state index in [1.54, 1.807) is 6.20 Å². The highest BCUT2D eigenvalue weighted by Gasteiger charge is 2.16. The summed E-state index contributed by atoms with van der Waals surface area (Å²) in [4.78, 5) is 9.19. The fraction of sp³-hybridized carbons (Fsp3) is 0. The van der Waals surface area contributed by atoms with Gasteiger partial charge in [0, 0.05) is 23.6 Å². The van der Waals surface area contributed by atoms with Crippen molar-refractivity contribution in [2.24, 2.45) is 0 Å². The molecule has 0 aliphatic rings. The average Bonchev–Trinajstić information content (AvgIpc) is 2.95. The number of hydrogen-bond donors (Lipinski definition) is 1. The molecular weight excluding hydrogens is 272 g/mol. The molecule has 22 heavy (non-hydrogen) atoms. The number of anilines is 1. The van der Waals surface area contributed by atoms with Gasteiger partial charge >= 0.3 is 0 Å². The molecule has 0 saturated heterocycles. The quantitative estimate of drug-likeness (QED) is 0.572. The largest absolute Gasteiger partial charge is 0.399 e. The molecule has 0 atom stereocenters. The highest BCUT2D eigenvalue weighted by Crippen LogP contribution is 2.32. The van der Waals surface area contributed by atoms with Gasteiger partial charge in [0.2, 0.25) is 0 Å². The molecule has 0 amide bonds. The monoisotopic (exact) mass is 286 g/mol. The molecule has 0 saturated carbocycles. The van der Waals surface area contributed by atoms with Crippen LogP contribution in [0.15, 0.2) is 73.1 Å². The van der Waals surface area contributed by atoms with Crippen molar-refractivity contribution in [3.8, 4) is 22.6 Å². The third kappa shape index (κ3) is 2.02. The molecule has 0 unspecified atom stereocenters. The second kappa shape index (κ2) is 5.00. The van der Waals surface area contributed by atoms with Crippen LogP contribution in [0.5, 0.6) is 0 Å². The molecule has 0 aliphatic heterocycles. The number of nitrogens with zero attached hydrogens (tertiary/aromatic N) is 3. The van der Waals surface area contributed by atoms with E-state index in [2.05, 4.69) is 9.38 Å². The predicted octanol–water partition coefficient (Wildman–Crippen LogP) is 3.65. The van der Waals surface area contributed by atoms with E-state index in [0.717, 1.165) is 34.0 Å². The van der Waals surface area contributed by atoms with Gasteiger partial charge in [-0.2, -0.15) is 0 Å². The van der Waals surface area contributed by atoms with Crippen LogP contribution in [-0.4, -0.2) is 14.4 Å². The number of rotatable bonds is 2. The summed E-state index contributed by atoms with van der Waals surface area (Å²) in [6.07, 6.45) is 3.79. The van der Waals surface area contributed by atoms with E-state index in [4.69, 9.17) is 10.7 Å². The Morgan fingerprint density at radius 2 is 1.82 bits per heavy atom. The Morgan fingerprint density at radius 1 is 0.909 bits per heavy atom. The summed E-state index contributed by atoms with van der Waals surface area (Å²) in [5.74, 6) is 0. The van der Waals surface area contributed by atoms with E-state index < -0.39 is 0 Å². The number of pyridine rings is 2. The summed E-state index contributed by atoms with van der Waals surface area (Å²) in [7, 11) is 0. The summed E-state index contributed by atoms with van der Waals surface area (Å²) < 4.78 is 2.07. The van der Waals surface area contributed by atoms with Crippen molar-refractivity contribution in [1.29, 1.82) is 0 Å². The van der Waals surface area contributed by atoms with Gasteiger partial charge in [-0.05, 0) is 36.4 Å². The van der Waals surface area contributed by atoms with Gasteiger partial charge in [0.25, 0.3) is 0 Å². The highest BCUT2D eigenvalue weighted by molar-refractivity contribution is 5.81. The molecule has 0 fully saturated rings. The van der Waals surface area contributed by atoms with Crippen molar-refractivity contribution in [2.75, 3.05) is 5.73 Å². The molecule has 4 heteroatoms. The zero-order chi connectivity index (χ0) is 14.9. The molecule has 4 aromatic rings. The molecular formula is C18H14N4. The lowest BCUT2D eigenvalue weighted by Crippen LogP contribution is -1.92. The lowest BCUT2D eigenvalue weighted by molar-refractivity contribution is 1.19. The van der Waals surface area contributed by atoms with E-state index in [1.807, 2.05) is 66.9 Å². The predicted molar refractivity (Wildman–Crippen MR) is 88.3 cm³/mol. The normalized spacial score (nSPS) is 10.9. The van der Waals surface area contributed by atoms with Crippen LogP contribution >= 0.6 is 0 Å². The van der Waals surface area contributed by atoms with Crippen molar-refractivity contribution in [1.82, 2.24) is 14.4 Å². The Balaban J connectivity index is 2.07. The van der Waals surface area contributed by atoms with Crippen LogP contribution in [0.1, 0.15) is 0 Å². The van der Waals surface area contributed by atoms with Crippen LogP contribution in [0.3, 0.4) is 0 Å². The number of nitrogens with two attached hydrogens (primary N) is 1. The number of aromatic nitrogens is 3. The summed E-state index contributed by atoms with van der Waals surface area (Å²) >= 11 is 0. The Labute approximate surface area is 127 Å². The number of benzene rings is 1. The van der Waals surface area contributed by atoms with Gasteiger partial charge < -0.3 is 5.73 Å². The van der Waals surface area contributed by atoms with Crippen LogP contribution < -0.4 is 5.73 Å². The third-order valence-corrected chi connectivity index (χ3v) is 3.60. The van der Waals surface area contributed by atoms with Crippen molar-refractivity contribution in [2.45, 2.75) is 0 Å². The molecule has 3 aromatic heterocycles. The molecule has 3 heterocycles. The highest BCUT2D eigenvalue weighted by atomic mass is 15.0. The van der Waals surface area contributed by atoms with Crippen LogP contribution in [0.2, 0.25) is 0 Å². The molecule has 0 radical (unpaired) electrons. The van der Waals surface area contributed by atoms with Gasteiger partial charge in [-0.1, -0.05) is 24.3 Å². The summed E-state index contributed by atoms with van der Waals surface area (Å²) in [5, 5.41) is 0. The number of nitrogen functional groups attached to an aromatic ring is 1. The smallest absolute Gasteiger partial charge is 0.138 e. The number of hydrogen-bond acceptors (Lipinski definition) is 3. The molecule has 2 N–H and O–H groups in total. The first-order valence-electron chi connectivity index (χ1n) is 7.07. The van der Waals surface area contributed by atoms with Gasteiger partial charge in [0.15, 0.2) is 0 Å². The van der Waals surface area contributed by atoms with E-state index in [9.17, 15) is 0 Å². The molecule has 1 aromatic carbocycles. The number of imidazole rings is 1. The minimum absolute atomic E-state index is 0.732. The first-order chi connectivity index (χ1) is 10.8. The van der Waals surface area contributed by atoms with Crippen LogP contribution in [0.25, 0.3) is 28.3 Å². The van der Waals surface area contributed by atoms with Gasteiger partial charge in [-0.15, -0.1) is 0 Å². The maximum atomic E-state index is 5.95. The Morgan fingerprint density at radius 3 is 2.64 bits per heavy atom. The fourth-order valence-electron chi connectivity index (χ4n) is 2.64. The third-order valence-electron chi connectivity index (χ3n) is 3.60. The maximum absolute atomic E-state index is 5.95. The Bertz CT molecular complexity index is 942. The lowest BCUT2D eigenvalue weighted by Gasteiger charge is -2.06. The molecule has 106 valence electrons. The van der Waals surface area contributed by atoms with Gasteiger partial charge in [0.05, 0.1) is 11.4 Å². The second-order valence-corrected chi connectivity index (χ2v) is 5.08. The topological polar surface area (TPSA) is 56.2 Å². The van der Waals surface area contributed by atoms with Crippen molar-refractivity contribution in [3.63, 3.8) is 0 Å². The second-order valence-electron chi connectivity index (χ2n) is 5.08. The van der Waals surface area contributed by atoms with Gasteiger partial charge in [-0.3, -0.25) is 9.38 Å². The van der Waals surface area contributed by atoms with E-state index in [0.29, 0.717) is 0 Å². The minimum atomic E-state index is 0.732. The molecule has 4 nitrogen and oxygen atoms in total. The van der Waals surface area contributed by atoms with Gasteiger partial charge in [0.1, 0.15) is 11.3 Å². The van der Waals surface area contributed by atoms with Crippen molar-refractivity contribution in [3.05, 3.63) is 73.1 Å². The van der Waals surface area contributed by atoms with E-state index >= 15 is 0 Å². The fourth-order valence-corrected chi connectivity index (χ4v) is 2.64. The van der Waals surface area contributed by atoms with Crippen LogP contribution in [0.4, 0.5) is 5.69 Å². The minimum Gasteiger partial charge on any atom is -0.399 e. The first-order valence-corrected chi connectivity index (χ1v) is 7.07. The van der Waals surface area contributed by atoms with Gasteiger partial charge in [-0.25, -0.2) is 4.98 Å². The Hall–Kier alpha value is -3.14. The van der Waals surface area contributed by atoms with Crippen molar-refractivity contribution < 1.29 is 0 Å². The Kier molecular flexibility index (Phi) is 2.86. The van der Waals surface area contributed by atoms with Crippen LogP contribution in [-0.2, 0) is 0 Å². The molecule has 0 aliphatic carbocycles.